The second-order valence-electron chi connectivity index (χ2n) is 6.36. The van der Waals surface area contributed by atoms with E-state index in [-0.39, 0.29) is 12.5 Å². The molecule has 1 unspecified atom stereocenters. The minimum absolute atomic E-state index is 0.122. The van der Waals surface area contributed by atoms with Crippen LogP contribution in [0.15, 0.2) is 34.5 Å². The molecule has 7 nitrogen and oxygen atoms in total. The van der Waals surface area contributed by atoms with Gasteiger partial charge >= 0.3 is 11.8 Å². The van der Waals surface area contributed by atoms with Gasteiger partial charge in [-0.25, -0.2) is 0 Å². The summed E-state index contributed by atoms with van der Waals surface area (Å²) in [4.78, 5) is 35.4. The molecule has 7 heteroatoms. The summed E-state index contributed by atoms with van der Waals surface area (Å²) in [5.41, 5.74) is 1.19. The summed E-state index contributed by atoms with van der Waals surface area (Å²) in [6.45, 7) is 2.79. The summed E-state index contributed by atoms with van der Waals surface area (Å²) in [5.74, 6) is -1.73. The first-order chi connectivity index (χ1) is 12.6. The van der Waals surface area contributed by atoms with E-state index in [2.05, 4.69) is 27.8 Å². The van der Waals surface area contributed by atoms with Crippen molar-refractivity contribution >= 4 is 17.7 Å². The van der Waals surface area contributed by atoms with Crippen LogP contribution in [-0.4, -0.2) is 30.8 Å². The fourth-order valence-electron chi connectivity index (χ4n) is 2.83. The molecule has 140 valence electrons. The fourth-order valence-corrected chi connectivity index (χ4v) is 2.83. The Balaban J connectivity index is 1.71. The zero-order chi connectivity index (χ0) is 18.8. The number of amides is 3. The number of carbonyl (C=O) groups is 3. The Morgan fingerprint density at radius 1 is 1.00 bits per heavy atom. The molecule has 0 aromatic heterocycles. The number of nitrogens with one attached hydrogen (secondary N) is 2. The number of carbonyl (C=O) groups excluding carboxylic acids is 3. The third-order valence-electron chi connectivity index (χ3n) is 4.32. The zero-order valence-electron chi connectivity index (χ0n) is 15.2. The van der Waals surface area contributed by atoms with E-state index in [4.69, 9.17) is 0 Å². The molecule has 1 atom stereocenters. The van der Waals surface area contributed by atoms with Crippen molar-refractivity contribution in [3.63, 3.8) is 0 Å². The van der Waals surface area contributed by atoms with Crippen LogP contribution >= 0.6 is 0 Å². The van der Waals surface area contributed by atoms with Crippen molar-refractivity contribution in [3.05, 3.63) is 35.4 Å². The quantitative estimate of drug-likeness (QED) is 0.524. The summed E-state index contributed by atoms with van der Waals surface area (Å²) >= 11 is 0. The highest BCUT2D eigenvalue weighted by Gasteiger charge is 2.24. The Hall–Kier alpha value is -2.57. The maximum Gasteiger partial charge on any atom is 0.309 e. The zero-order valence-corrected chi connectivity index (χ0v) is 15.2. The van der Waals surface area contributed by atoms with Gasteiger partial charge in [-0.2, -0.15) is 5.11 Å². The van der Waals surface area contributed by atoms with Crippen molar-refractivity contribution in [1.29, 1.82) is 0 Å². The maximum atomic E-state index is 11.9. The van der Waals surface area contributed by atoms with Crippen molar-refractivity contribution in [2.24, 2.45) is 10.2 Å². The van der Waals surface area contributed by atoms with Crippen molar-refractivity contribution in [3.8, 4) is 0 Å². The van der Waals surface area contributed by atoms with Crippen LogP contribution in [0.4, 0.5) is 0 Å². The number of hydrogen-bond acceptors (Lipinski definition) is 4. The first kappa shape index (κ1) is 19.8. The molecule has 1 aromatic rings. The molecule has 0 fully saturated rings. The van der Waals surface area contributed by atoms with Gasteiger partial charge in [0.1, 0.15) is 6.04 Å². The molecular weight excluding hydrogens is 332 g/mol. The number of unbranched alkanes of at least 4 members (excludes halogenated alkanes) is 5. The van der Waals surface area contributed by atoms with Gasteiger partial charge in [-0.1, -0.05) is 57.2 Å². The molecule has 0 spiro atoms. The van der Waals surface area contributed by atoms with Gasteiger partial charge in [-0.3, -0.25) is 14.4 Å². The average Bonchev–Trinajstić information content (AvgIpc) is 2.66. The van der Waals surface area contributed by atoms with Gasteiger partial charge in [0, 0.05) is 18.7 Å². The Labute approximate surface area is 153 Å². The van der Waals surface area contributed by atoms with Gasteiger partial charge in [0.25, 0.3) is 5.91 Å². The van der Waals surface area contributed by atoms with Gasteiger partial charge in [0.15, 0.2) is 0 Å². The average molecular weight is 358 g/mol. The number of fused-ring (bicyclic) bond motifs is 1. The second-order valence-corrected chi connectivity index (χ2v) is 6.36. The molecule has 1 aliphatic heterocycles. The Morgan fingerprint density at radius 2 is 1.69 bits per heavy atom. The minimum Gasteiger partial charge on any atom is -0.348 e. The highest BCUT2D eigenvalue weighted by Crippen LogP contribution is 2.26. The third-order valence-corrected chi connectivity index (χ3v) is 4.32. The lowest BCUT2D eigenvalue weighted by Crippen LogP contribution is -2.41. The van der Waals surface area contributed by atoms with Crippen LogP contribution in [-0.2, 0) is 9.59 Å². The summed E-state index contributed by atoms with van der Waals surface area (Å²) in [7, 11) is 0. The predicted octanol–water partition coefficient (Wildman–Crippen LogP) is 2.93. The van der Waals surface area contributed by atoms with Crippen LogP contribution in [0.2, 0.25) is 0 Å². The van der Waals surface area contributed by atoms with Gasteiger partial charge in [-0.15, -0.1) is 5.11 Å². The molecule has 0 saturated heterocycles. The highest BCUT2D eigenvalue weighted by molar-refractivity contribution is 6.35. The molecular formula is C19H26N4O3. The van der Waals surface area contributed by atoms with Crippen LogP contribution in [0, 0.1) is 0 Å². The lowest BCUT2D eigenvalue weighted by Gasteiger charge is -2.18. The predicted molar refractivity (Wildman–Crippen MR) is 97.8 cm³/mol. The number of rotatable bonds is 9. The topological polar surface area (TPSA) is 100.0 Å². The van der Waals surface area contributed by atoms with Gasteiger partial charge in [0.2, 0.25) is 0 Å². The van der Waals surface area contributed by atoms with E-state index in [0.29, 0.717) is 17.7 Å². The Morgan fingerprint density at radius 3 is 2.50 bits per heavy atom. The van der Waals surface area contributed by atoms with Crippen molar-refractivity contribution < 1.29 is 14.4 Å². The monoisotopic (exact) mass is 358 g/mol. The number of azo groups is 1. The molecule has 0 radical (unpaired) electrons. The first-order valence-electron chi connectivity index (χ1n) is 9.23. The molecule has 3 amide bonds. The summed E-state index contributed by atoms with van der Waals surface area (Å²) < 4.78 is 0. The van der Waals surface area contributed by atoms with Crippen molar-refractivity contribution in [2.45, 2.75) is 51.5 Å². The van der Waals surface area contributed by atoms with Crippen LogP contribution in [0.5, 0.6) is 0 Å². The van der Waals surface area contributed by atoms with Crippen molar-refractivity contribution in [1.82, 2.24) is 10.6 Å². The van der Waals surface area contributed by atoms with E-state index < -0.39 is 17.9 Å². The lowest BCUT2D eigenvalue weighted by molar-refractivity contribution is -0.139. The maximum absolute atomic E-state index is 11.9. The summed E-state index contributed by atoms with van der Waals surface area (Å²) in [5, 5.41) is 12.7. The molecule has 2 N–H and O–H groups in total. The van der Waals surface area contributed by atoms with E-state index in [0.717, 1.165) is 19.3 Å². The highest BCUT2D eigenvalue weighted by atomic mass is 16.2. The Kier molecular flexibility index (Phi) is 7.92. The van der Waals surface area contributed by atoms with E-state index in [1.807, 2.05) is 0 Å². The van der Waals surface area contributed by atoms with E-state index in [9.17, 15) is 14.4 Å². The van der Waals surface area contributed by atoms with Crippen molar-refractivity contribution in [2.75, 3.05) is 13.1 Å². The smallest absolute Gasteiger partial charge is 0.309 e. The minimum atomic E-state index is -0.694. The molecule has 0 aliphatic carbocycles. The van der Waals surface area contributed by atoms with Crippen LogP contribution in [0.3, 0.4) is 0 Å². The summed E-state index contributed by atoms with van der Waals surface area (Å²) in [6.07, 6.45) is 6.73. The van der Waals surface area contributed by atoms with E-state index >= 15 is 0 Å². The standard InChI is InChI=1S/C19H26N4O3/c1-2-3-4-5-6-9-12-20-18(25)19(26)21-13-16-14-10-7-8-11-15(14)17(24)23-22-16/h7-8,10-11,16H,2-6,9,12-13H2,1H3,(H,20,25)(H,21,26). The molecule has 1 heterocycles. The van der Waals surface area contributed by atoms with E-state index in [1.165, 1.54) is 19.3 Å². The van der Waals surface area contributed by atoms with E-state index in [1.54, 1.807) is 24.3 Å². The molecule has 0 bridgehead atoms. The van der Waals surface area contributed by atoms with Crippen LogP contribution < -0.4 is 10.6 Å². The number of hydrogen-bond donors (Lipinski definition) is 2. The van der Waals surface area contributed by atoms with Crippen LogP contribution in [0.25, 0.3) is 0 Å². The normalized spacial score (nSPS) is 15.4. The van der Waals surface area contributed by atoms with Crippen LogP contribution in [0.1, 0.15) is 67.4 Å². The Bertz CT molecular complexity index is 673. The van der Waals surface area contributed by atoms with Gasteiger partial charge in [-0.05, 0) is 18.1 Å². The molecule has 0 saturated carbocycles. The first-order valence-corrected chi connectivity index (χ1v) is 9.23. The lowest BCUT2D eigenvalue weighted by atomic mass is 9.99. The molecule has 1 aliphatic rings. The molecule has 2 rings (SSSR count). The fraction of sp³-hybridized carbons (Fsp3) is 0.526. The number of benzene rings is 1. The van der Waals surface area contributed by atoms with Gasteiger partial charge < -0.3 is 10.6 Å². The third kappa shape index (κ3) is 5.75. The SMILES string of the molecule is CCCCCCCCNC(=O)C(=O)NCC1N=NC(=O)c2ccccc21. The summed E-state index contributed by atoms with van der Waals surface area (Å²) in [6, 6.07) is 6.55. The molecule has 26 heavy (non-hydrogen) atoms. The van der Waals surface area contributed by atoms with Gasteiger partial charge in [0.05, 0.1) is 0 Å². The number of nitrogens with zero attached hydrogens (tertiary/aromatic N) is 2. The largest absolute Gasteiger partial charge is 0.348 e. The second kappa shape index (κ2) is 10.4. The molecule has 1 aromatic carbocycles.